The van der Waals surface area contributed by atoms with Crippen LogP contribution in [0.2, 0.25) is 0 Å². The molecule has 0 aromatic heterocycles. The Hall–Kier alpha value is -13.2. The summed E-state index contributed by atoms with van der Waals surface area (Å²) in [6, 6.07) is 115. The summed E-state index contributed by atoms with van der Waals surface area (Å²) >= 11 is 0. The van der Waals surface area contributed by atoms with Crippen molar-refractivity contribution in [1.82, 2.24) is 19.6 Å². The molecule has 8 fully saturated rings. The van der Waals surface area contributed by atoms with Gasteiger partial charge >= 0.3 is 42.7 Å². The molecule has 0 radical (unpaired) electrons. The molecule has 4 saturated heterocycles. The molecule has 4 saturated carbocycles. The third kappa shape index (κ3) is 26.5. The van der Waals surface area contributed by atoms with Gasteiger partial charge in [-0.1, -0.05) is 371 Å². The molecule has 23 heteroatoms. The van der Waals surface area contributed by atoms with E-state index in [2.05, 4.69) is 97.1 Å². The van der Waals surface area contributed by atoms with Crippen LogP contribution in [0.25, 0.3) is 0 Å². The van der Waals surface area contributed by atoms with Crippen molar-refractivity contribution in [2.24, 2.45) is 23.7 Å². The summed E-state index contributed by atoms with van der Waals surface area (Å²) < 4.78 is 29.9. The molecule has 12 aromatic rings. The van der Waals surface area contributed by atoms with Gasteiger partial charge in [0.1, 0.15) is 24.2 Å². The molecule has 8 aliphatic rings. The number of likely N-dealkylation sites (tertiary alicyclic amines) is 4. The largest absolute Gasteiger partial charge is 1.00 e. The van der Waals surface area contributed by atoms with E-state index in [1.54, 1.807) is 4.90 Å². The number of methoxy groups -OCH3 is 1. The zero-order valence-corrected chi connectivity index (χ0v) is 78.9. The number of ether oxygens (including phenoxy) is 5. The maximum atomic E-state index is 14.0. The standard InChI is InChI=1S/C30H31NO4.3C29H29NO4.CH4.Li.2H2O/c1-34-30(33)27-18-25(35-20-24-17-26(24)21-11-5-2-6-12-21)19-31(27)29(32)28(22-13-7-3-8-14-22)23-15-9-4-10-16-23;3*31-28(27(21-12-6-2-7-13-21)22-14-8-3-9-15-22)30-18-24(17-26(30)29(32)33)34-19-23-16-25(23)20-10-4-1-5-11-20;;;;/h2-16,24-28H,17-20H2,1H3;3*1-15,23-27H,16-19H2,(H,32,33);1H4;;2*1H2/q;;;;;+1;;/p-1/t24-,25+,26+,27+;23-,24+,25+,26+;2*23-,24-,25+,26-;;;;/m1100..../s1. The Balaban J connectivity index is 0.000000157. The normalized spacial score (nSPS) is 23.0. The number of benzene rings is 12. The molecule has 20 rings (SSSR count). The zero-order valence-electron chi connectivity index (χ0n) is 78.9. The van der Waals surface area contributed by atoms with E-state index in [1.165, 1.54) is 44.1 Å². The van der Waals surface area contributed by atoms with E-state index in [9.17, 15) is 53.7 Å². The van der Waals surface area contributed by atoms with E-state index in [4.69, 9.17) is 23.7 Å². The van der Waals surface area contributed by atoms with E-state index in [1.807, 2.05) is 267 Å². The first-order valence-electron chi connectivity index (χ1n) is 48.0. The van der Waals surface area contributed by atoms with Gasteiger partial charge in [0, 0.05) is 51.9 Å². The molecule has 4 aliphatic heterocycles. The van der Waals surface area contributed by atoms with Gasteiger partial charge in [0.15, 0.2) is 0 Å². The summed E-state index contributed by atoms with van der Waals surface area (Å²) in [4.78, 5) is 111. The first-order valence-corrected chi connectivity index (χ1v) is 48.0. The fourth-order valence-corrected chi connectivity index (χ4v) is 20.6. The van der Waals surface area contributed by atoms with Gasteiger partial charge in [0.05, 0.1) is 81.6 Å². The quantitative estimate of drug-likeness (QED) is 0.0260. The summed E-state index contributed by atoms with van der Waals surface area (Å²) in [6.45, 7) is 3.72. The van der Waals surface area contributed by atoms with Crippen LogP contribution in [0, 0.1) is 23.7 Å². The Morgan fingerprint density at radius 2 is 0.418 bits per heavy atom. The van der Waals surface area contributed by atoms with E-state index < -0.39 is 71.7 Å². The molecule has 0 bridgehead atoms. The Labute approximate surface area is 837 Å². The number of hydrogen-bond donors (Lipinski definition) is 3. The van der Waals surface area contributed by atoms with Crippen LogP contribution in [0.5, 0.6) is 0 Å². The van der Waals surface area contributed by atoms with Gasteiger partial charge < -0.3 is 69.6 Å². The molecule has 12 aromatic carbocycles. The molecule has 16 atom stereocenters. The summed E-state index contributed by atoms with van der Waals surface area (Å²) in [5, 5.41) is 29.7. The number of aliphatic carboxylic acids is 3. The summed E-state index contributed by atoms with van der Waals surface area (Å²) in [5.41, 5.74) is 12.3. The van der Waals surface area contributed by atoms with Gasteiger partial charge in [-0.2, -0.15) is 0 Å². The monoisotopic (exact) mass is 1890 g/mol. The van der Waals surface area contributed by atoms with E-state index >= 15 is 0 Å². The number of carbonyl (C=O) groups is 8. The van der Waals surface area contributed by atoms with Crippen LogP contribution >= 0.6 is 0 Å². The van der Waals surface area contributed by atoms with Crippen LogP contribution in [0.15, 0.2) is 364 Å². The molecule has 0 unspecified atom stereocenters. The molecular weight excluding hydrogens is 1770 g/mol. The van der Waals surface area contributed by atoms with Crippen molar-refractivity contribution >= 4 is 47.5 Å². The molecule has 0 spiro atoms. The maximum Gasteiger partial charge on any atom is 1.00 e. The van der Waals surface area contributed by atoms with Gasteiger partial charge in [-0.25, -0.2) is 19.2 Å². The molecule has 4 amide bonds. The second kappa shape index (κ2) is 50.2. The second-order valence-electron chi connectivity index (χ2n) is 37.4. The van der Waals surface area contributed by atoms with Gasteiger partial charge in [0.2, 0.25) is 23.6 Å². The fraction of sp³-hybridized carbons (Fsp3) is 0.322. The number of carboxylic acid groups (broad SMARTS) is 3. The maximum absolute atomic E-state index is 14.0. The fourth-order valence-electron chi connectivity index (χ4n) is 20.6. The Morgan fingerprint density at radius 1 is 0.262 bits per heavy atom. The van der Waals surface area contributed by atoms with E-state index in [-0.39, 0.29) is 85.3 Å². The minimum atomic E-state index is -0.979. The first-order chi connectivity index (χ1) is 67.0. The van der Waals surface area contributed by atoms with Crippen LogP contribution in [-0.4, -0.2) is 202 Å². The van der Waals surface area contributed by atoms with Crippen LogP contribution in [0.4, 0.5) is 0 Å². The third-order valence-electron chi connectivity index (χ3n) is 28.3. The summed E-state index contributed by atoms with van der Waals surface area (Å²) in [5.74, 6) is -2.21. The predicted molar refractivity (Wildman–Crippen MR) is 535 cm³/mol. The number of rotatable bonds is 32. The second-order valence-corrected chi connectivity index (χ2v) is 37.4. The van der Waals surface area contributed by atoms with Gasteiger partial charge in [-0.15, -0.1) is 0 Å². The third-order valence-corrected chi connectivity index (χ3v) is 28.3. The SMILES string of the molecule is C.COC(=O)[C@@H]1C[C@H](OC[C@H]2C[C@H]2c2ccccc2)CN1C(=O)C(c1ccccc1)c1ccccc1.O.O=C(O)[C@@H]1C[C@H](OC[C@@H]2C[C@@H]2c2ccccc2)CN1C(=O)C(c1ccccc1)c1ccccc1.O=C(O)[C@@H]1C[C@H](OC[C@@H]2C[C@@H]2c2ccccc2)CN1C(=O)C(c1ccccc1)c1ccccc1.O=C(O)[C@@H]1C[C@H](OC[C@H]2C[C@H]2c2ccccc2)CN1C(=O)C(c1ccccc1)c1ccccc1.[Li+].[OH-]. The Morgan fingerprint density at radius 3 is 0.582 bits per heavy atom. The van der Waals surface area contributed by atoms with Crippen LogP contribution < -0.4 is 18.9 Å². The van der Waals surface area contributed by atoms with Crippen LogP contribution in [0.1, 0.15) is 173 Å². The van der Waals surface area contributed by atoms with Crippen molar-refractivity contribution in [3.05, 3.63) is 431 Å². The molecule has 22 nitrogen and oxygen atoms in total. The number of carbonyl (C=O) groups excluding carboxylic acids is 5. The van der Waals surface area contributed by atoms with Crippen molar-refractivity contribution in [2.45, 2.75) is 155 Å². The van der Waals surface area contributed by atoms with Crippen LogP contribution in [0.3, 0.4) is 0 Å². The van der Waals surface area contributed by atoms with Gasteiger partial charge in [0.25, 0.3) is 0 Å². The molecule has 4 heterocycles. The number of carboxylic acids is 3. The smallest absolute Gasteiger partial charge is 0.870 e. The zero-order chi connectivity index (χ0) is 94.7. The van der Waals surface area contributed by atoms with Gasteiger partial charge in [-0.05, 0) is 140 Å². The van der Waals surface area contributed by atoms with Crippen molar-refractivity contribution in [1.29, 1.82) is 0 Å². The number of nitrogens with zero attached hydrogens (tertiary/aromatic N) is 4. The van der Waals surface area contributed by atoms with Crippen molar-refractivity contribution in [3.63, 3.8) is 0 Å². The topological polar surface area (TPSA) is 318 Å². The predicted octanol–water partition coefficient (Wildman–Crippen LogP) is 15.5. The average molecular weight is 1890 g/mol. The number of hydrogen-bond acceptors (Lipinski definition) is 14. The van der Waals surface area contributed by atoms with Gasteiger partial charge in [-0.3, -0.25) is 19.2 Å². The van der Waals surface area contributed by atoms with Crippen LogP contribution in [-0.2, 0) is 62.0 Å². The Kier molecular flexibility index (Phi) is 37.4. The minimum absolute atomic E-state index is 0. The van der Waals surface area contributed by atoms with Crippen molar-refractivity contribution in [2.75, 3.05) is 59.7 Å². The average Bonchev–Trinajstić information content (AvgIpc) is 1.70. The number of amides is 4. The molecule has 4 aliphatic carbocycles. The summed E-state index contributed by atoms with van der Waals surface area (Å²) in [6.07, 6.45) is 4.80. The molecule has 726 valence electrons. The molecule has 6 N–H and O–H groups in total. The minimum Gasteiger partial charge on any atom is -0.870 e. The van der Waals surface area contributed by atoms with E-state index in [0.717, 1.165) is 70.2 Å². The number of esters is 1. The van der Waals surface area contributed by atoms with E-state index in [0.29, 0.717) is 126 Å². The summed E-state index contributed by atoms with van der Waals surface area (Å²) in [7, 11) is 1.37. The molecule has 141 heavy (non-hydrogen) atoms. The van der Waals surface area contributed by atoms with Crippen molar-refractivity contribution < 1.29 is 107 Å². The Bertz CT molecular complexity index is 5380. The molecular formula is C118H125LiN4O18. The van der Waals surface area contributed by atoms with Crippen molar-refractivity contribution in [3.8, 4) is 0 Å². The first kappa shape index (κ1) is 105.